The van der Waals surface area contributed by atoms with Crippen LogP contribution in [0.5, 0.6) is 0 Å². The summed E-state index contributed by atoms with van der Waals surface area (Å²) in [5, 5.41) is 0. The van der Waals surface area contributed by atoms with Crippen LogP contribution in [-0.2, 0) is 0 Å². The lowest BCUT2D eigenvalue weighted by Crippen LogP contribution is -2.45. The highest BCUT2D eigenvalue weighted by Gasteiger charge is 2.24. The van der Waals surface area contributed by atoms with Gasteiger partial charge in [-0.05, 0) is 44.2 Å². The van der Waals surface area contributed by atoms with Gasteiger partial charge in [-0.25, -0.2) is 0 Å². The first-order valence-electron chi connectivity index (χ1n) is 7.91. The van der Waals surface area contributed by atoms with Gasteiger partial charge in [0.2, 0.25) is 0 Å². The van der Waals surface area contributed by atoms with Crippen LogP contribution in [0.2, 0.25) is 0 Å². The summed E-state index contributed by atoms with van der Waals surface area (Å²) in [4.78, 5) is 9.42. The standard InChI is InChI=1S/C17H29N3/c1-13(2)15-10-17(12-18-11-15)19(5)16-6-8-20(9-7-16)14(3)4/h10-14,16H,6-9H2,1-5H3. The smallest absolute Gasteiger partial charge is 0.0555 e. The molecule has 2 rings (SSSR count). The molecule has 1 aromatic rings. The highest BCUT2D eigenvalue weighted by molar-refractivity contribution is 5.47. The zero-order chi connectivity index (χ0) is 14.7. The van der Waals surface area contributed by atoms with Gasteiger partial charge in [0.05, 0.1) is 11.9 Å². The lowest BCUT2D eigenvalue weighted by Gasteiger charge is -2.39. The Balaban J connectivity index is 2.01. The molecule has 0 aromatic carbocycles. The van der Waals surface area contributed by atoms with E-state index in [0.717, 1.165) is 0 Å². The number of anilines is 1. The fraction of sp³-hybridized carbons (Fsp3) is 0.706. The van der Waals surface area contributed by atoms with Crippen molar-refractivity contribution in [1.82, 2.24) is 9.88 Å². The third-order valence-corrected chi connectivity index (χ3v) is 4.60. The van der Waals surface area contributed by atoms with Crippen molar-refractivity contribution < 1.29 is 0 Å². The minimum absolute atomic E-state index is 0.540. The molecule has 0 bridgehead atoms. The van der Waals surface area contributed by atoms with Crippen molar-refractivity contribution >= 4 is 5.69 Å². The maximum absolute atomic E-state index is 4.41. The van der Waals surface area contributed by atoms with Crippen LogP contribution in [0.3, 0.4) is 0 Å². The minimum atomic E-state index is 0.540. The molecular weight excluding hydrogens is 246 g/mol. The molecule has 1 fully saturated rings. The summed E-state index contributed by atoms with van der Waals surface area (Å²) in [5.41, 5.74) is 2.59. The second-order valence-corrected chi connectivity index (χ2v) is 6.60. The van der Waals surface area contributed by atoms with Gasteiger partial charge in [-0.3, -0.25) is 4.98 Å². The van der Waals surface area contributed by atoms with Gasteiger partial charge in [0.15, 0.2) is 0 Å². The Morgan fingerprint density at radius 2 is 1.80 bits per heavy atom. The van der Waals surface area contributed by atoms with Crippen molar-refractivity contribution in [2.45, 2.75) is 58.5 Å². The minimum Gasteiger partial charge on any atom is -0.370 e. The van der Waals surface area contributed by atoms with Crippen molar-refractivity contribution in [3.63, 3.8) is 0 Å². The summed E-state index contributed by atoms with van der Waals surface area (Å²) in [5.74, 6) is 0.540. The van der Waals surface area contributed by atoms with Crippen molar-refractivity contribution in [3.8, 4) is 0 Å². The maximum atomic E-state index is 4.41. The van der Waals surface area contributed by atoms with Gasteiger partial charge in [-0.2, -0.15) is 0 Å². The second-order valence-electron chi connectivity index (χ2n) is 6.60. The third-order valence-electron chi connectivity index (χ3n) is 4.60. The van der Waals surface area contributed by atoms with Crippen LogP contribution in [0.1, 0.15) is 52.0 Å². The number of pyridine rings is 1. The number of rotatable bonds is 4. The number of piperidine rings is 1. The molecule has 112 valence electrons. The molecule has 0 radical (unpaired) electrons. The van der Waals surface area contributed by atoms with Crippen LogP contribution in [-0.4, -0.2) is 42.1 Å². The number of hydrogen-bond donors (Lipinski definition) is 0. The largest absolute Gasteiger partial charge is 0.370 e. The fourth-order valence-corrected chi connectivity index (χ4v) is 2.95. The molecule has 1 aromatic heterocycles. The number of likely N-dealkylation sites (tertiary alicyclic amines) is 1. The van der Waals surface area contributed by atoms with E-state index in [1.807, 2.05) is 12.4 Å². The number of nitrogens with zero attached hydrogens (tertiary/aromatic N) is 3. The average Bonchev–Trinajstić information content (AvgIpc) is 2.46. The van der Waals surface area contributed by atoms with E-state index in [1.165, 1.54) is 37.2 Å². The highest BCUT2D eigenvalue weighted by Crippen LogP contribution is 2.25. The summed E-state index contributed by atoms with van der Waals surface area (Å²) in [6.07, 6.45) is 6.49. The van der Waals surface area contributed by atoms with E-state index in [4.69, 9.17) is 0 Å². The van der Waals surface area contributed by atoms with E-state index in [1.54, 1.807) is 0 Å². The summed E-state index contributed by atoms with van der Waals surface area (Å²) >= 11 is 0. The van der Waals surface area contributed by atoms with Crippen molar-refractivity contribution in [1.29, 1.82) is 0 Å². The normalized spacial score (nSPS) is 17.9. The Hall–Kier alpha value is -1.09. The van der Waals surface area contributed by atoms with Crippen LogP contribution in [0.4, 0.5) is 5.69 Å². The van der Waals surface area contributed by atoms with Crippen LogP contribution >= 0.6 is 0 Å². The summed E-state index contributed by atoms with van der Waals surface area (Å²) < 4.78 is 0. The molecular formula is C17H29N3. The molecule has 1 aliphatic heterocycles. The molecule has 0 spiro atoms. The first-order valence-corrected chi connectivity index (χ1v) is 7.91. The van der Waals surface area contributed by atoms with Gasteiger partial charge in [-0.15, -0.1) is 0 Å². The summed E-state index contributed by atoms with van der Waals surface area (Å²) in [7, 11) is 2.22. The van der Waals surface area contributed by atoms with E-state index < -0.39 is 0 Å². The van der Waals surface area contributed by atoms with Crippen molar-refractivity contribution in [2.24, 2.45) is 0 Å². The molecule has 0 N–H and O–H groups in total. The third kappa shape index (κ3) is 3.51. The maximum Gasteiger partial charge on any atom is 0.0555 e. The van der Waals surface area contributed by atoms with Crippen molar-refractivity contribution in [2.75, 3.05) is 25.0 Å². The van der Waals surface area contributed by atoms with E-state index in [0.29, 0.717) is 18.0 Å². The van der Waals surface area contributed by atoms with E-state index in [9.17, 15) is 0 Å². The lowest BCUT2D eigenvalue weighted by atomic mass is 10.0. The Kier molecular flexibility index (Phi) is 5.03. The molecule has 2 heterocycles. The molecule has 1 aliphatic rings. The zero-order valence-corrected chi connectivity index (χ0v) is 13.6. The summed E-state index contributed by atoms with van der Waals surface area (Å²) in [6.45, 7) is 11.5. The molecule has 3 heteroatoms. The van der Waals surface area contributed by atoms with Gasteiger partial charge in [-0.1, -0.05) is 13.8 Å². The first kappa shape index (κ1) is 15.3. The van der Waals surface area contributed by atoms with Crippen LogP contribution in [0.15, 0.2) is 18.5 Å². The highest BCUT2D eigenvalue weighted by atomic mass is 15.2. The Morgan fingerprint density at radius 3 is 2.35 bits per heavy atom. The number of aromatic nitrogens is 1. The van der Waals surface area contributed by atoms with Crippen LogP contribution in [0, 0.1) is 0 Å². The fourth-order valence-electron chi connectivity index (χ4n) is 2.95. The monoisotopic (exact) mass is 275 g/mol. The van der Waals surface area contributed by atoms with Gasteiger partial charge in [0, 0.05) is 38.4 Å². The average molecular weight is 275 g/mol. The van der Waals surface area contributed by atoms with Gasteiger partial charge < -0.3 is 9.80 Å². The molecule has 0 amide bonds. The Morgan fingerprint density at radius 1 is 1.15 bits per heavy atom. The molecule has 0 unspecified atom stereocenters. The van der Waals surface area contributed by atoms with Gasteiger partial charge in [0.25, 0.3) is 0 Å². The molecule has 0 atom stereocenters. The van der Waals surface area contributed by atoms with Crippen LogP contribution in [0.25, 0.3) is 0 Å². The molecule has 3 nitrogen and oxygen atoms in total. The quantitative estimate of drug-likeness (QED) is 0.838. The molecule has 1 saturated heterocycles. The second kappa shape index (κ2) is 6.57. The Bertz CT molecular complexity index is 420. The summed E-state index contributed by atoms with van der Waals surface area (Å²) in [6, 6.07) is 3.62. The molecule has 0 saturated carbocycles. The zero-order valence-electron chi connectivity index (χ0n) is 13.6. The predicted octanol–water partition coefficient (Wildman–Crippen LogP) is 3.51. The van der Waals surface area contributed by atoms with Gasteiger partial charge in [0.1, 0.15) is 0 Å². The SMILES string of the molecule is CC(C)c1cncc(N(C)C2CCN(C(C)C)CC2)c1. The van der Waals surface area contributed by atoms with Crippen LogP contribution < -0.4 is 4.90 Å². The van der Waals surface area contributed by atoms with Crippen molar-refractivity contribution in [3.05, 3.63) is 24.0 Å². The van der Waals surface area contributed by atoms with Gasteiger partial charge >= 0.3 is 0 Å². The predicted molar refractivity (Wildman–Crippen MR) is 86.5 cm³/mol. The lowest BCUT2D eigenvalue weighted by molar-refractivity contribution is 0.171. The van der Waals surface area contributed by atoms with E-state index in [2.05, 4.69) is 55.6 Å². The Labute approximate surface area is 124 Å². The van der Waals surface area contributed by atoms with E-state index in [-0.39, 0.29) is 0 Å². The first-order chi connectivity index (χ1) is 9.49. The topological polar surface area (TPSA) is 19.4 Å². The molecule has 20 heavy (non-hydrogen) atoms. The molecule has 0 aliphatic carbocycles. The number of hydrogen-bond acceptors (Lipinski definition) is 3. The van der Waals surface area contributed by atoms with E-state index >= 15 is 0 Å².